The van der Waals surface area contributed by atoms with Crippen LogP contribution in [0.25, 0.3) is 10.8 Å². The maximum atomic E-state index is 6.37. The summed E-state index contributed by atoms with van der Waals surface area (Å²) in [5, 5.41) is 2.58. The molecule has 2 heteroatoms. The van der Waals surface area contributed by atoms with Gasteiger partial charge in [0.25, 0.3) is 0 Å². The average molecular weight is 306 g/mol. The number of hydrogen-bond acceptors (Lipinski definition) is 2. The van der Waals surface area contributed by atoms with Gasteiger partial charge in [-0.05, 0) is 40.8 Å². The lowest BCUT2D eigenvalue weighted by Crippen LogP contribution is -2.25. The van der Waals surface area contributed by atoms with Crippen molar-refractivity contribution >= 4 is 10.8 Å². The molecule has 0 aliphatic heterocycles. The first-order valence-corrected chi connectivity index (χ1v) is 8.52. The van der Waals surface area contributed by atoms with Crippen molar-refractivity contribution in [1.82, 2.24) is 0 Å². The normalized spacial score (nSPS) is 21.6. The summed E-state index contributed by atoms with van der Waals surface area (Å²) >= 11 is 0. The molecule has 0 spiro atoms. The van der Waals surface area contributed by atoms with Gasteiger partial charge in [0.05, 0.1) is 25.2 Å². The Morgan fingerprint density at radius 2 is 1.83 bits per heavy atom. The van der Waals surface area contributed by atoms with Crippen LogP contribution in [0.3, 0.4) is 0 Å². The van der Waals surface area contributed by atoms with E-state index in [1.165, 1.54) is 41.2 Å². The molecule has 1 aliphatic carbocycles. The van der Waals surface area contributed by atoms with Gasteiger partial charge >= 0.3 is 0 Å². The molecule has 2 nitrogen and oxygen atoms in total. The molecule has 1 aliphatic rings. The third kappa shape index (κ3) is 3.04. The molecule has 0 saturated heterocycles. The van der Waals surface area contributed by atoms with Gasteiger partial charge in [-0.25, -0.2) is 0 Å². The Morgan fingerprint density at radius 3 is 2.74 bits per heavy atom. The number of hydrogen-bond donors (Lipinski definition) is 0. The molecule has 0 bridgehead atoms. The zero-order valence-electron chi connectivity index (χ0n) is 13.3. The molecule has 0 amide bonds. The van der Waals surface area contributed by atoms with Crippen LogP contribution in [0.15, 0.2) is 65.5 Å². The standard InChI is InChI=1S/C21H22O2/c1-2-9-19-16(6-1)7-5-8-17(19)15-23-21-11-4-3-10-20(21)18-12-13-22-14-18/h1-2,5-9,12-14,20-21H,3-4,10-11,15H2/t20-,21+/m1/s1. The van der Waals surface area contributed by atoms with E-state index in [1.807, 2.05) is 6.26 Å². The highest BCUT2D eigenvalue weighted by atomic mass is 16.5. The van der Waals surface area contributed by atoms with Gasteiger partial charge in [-0.1, -0.05) is 55.3 Å². The average Bonchev–Trinajstić information content (AvgIpc) is 3.14. The lowest BCUT2D eigenvalue weighted by molar-refractivity contribution is 0.00236. The van der Waals surface area contributed by atoms with E-state index >= 15 is 0 Å². The number of ether oxygens (including phenoxy) is 1. The second-order valence-electron chi connectivity index (χ2n) is 6.44. The van der Waals surface area contributed by atoms with Crippen LogP contribution in [0.5, 0.6) is 0 Å². The highest BCUT2D eigenvalue weighted by Gasteiger charge is 2.28. The molecule has 1 fully saturated rings. The van der Waals surface area contributed by atoms with E-state index in [-0.39, 0.29) is 0 Å². The summed E-state index contributed by atoms with van der Waals surface area (Å²) in [7, 11) is 0. The van der Waals surface area contributed by atoms with E-state index in [2.05, 4.69) is 48.5 Å². The first-order valence-electron chi connectivity index (χ1n) is 8.52. The van der Waals surface area contributed by atoms with Crippen molar-refractivity contribution in [3.05, 3.63) is 72.2 Å². The molecule has 1 heterocycles. The molecular weight excluding hydrogens is 284 g/mol. The van der Waals surface area contributed by atoms with Crippen LogP contribution in [0.4, 0.5) is 0 Å². The zero-order chi connectivity index (χ0) is 15.5. The van der Waals surface area contributed by atoms with Crippen molar-refractivity contribution in [2.24, 2.45) is 0 Å². The SMILES string of the molecule is c1ccc2c(CO[C@H]3CCCC[C@@H]3c3ccoc3)cccc2c1. The van der Waals surface area contributed by atoms with Crippen molar-refractivity contribution in [2.45, 2.75) is 44.3 Å². The second-order valence-corrected chi connectivity index (χ2v) is 6.44. The Morgan fingerprint density at radius 1 is 0.957 bits per heavy atom. The summed E-state index contributed by atoms with van der Waals surface area (Å²) in [4.78, 5) is 0. The fraction of sp³-hybridized carbons (Fsp3) is 0.333. The van der Waals surface area contributed by atoms with E-state index in [9.17, 15) is 0 Å². The minimum atomic E-state index is 0.292. The fourth-order valence-corrected chi connectivity index (χ4v) is 3.78. The molecule has 118 valence electrons. The lowest BCUT2D eigenvalue weighted by atomic mass is 9.82. The van der Waals surface area contributed by atoms with Gasteiger partial charge < -0.3 is 9.15 Å². The van der Waals surface area contributed by atoms with Crippen LogP contribution < -0.4 is 0 Å². The first kappa shape index (κ1) is 14.5. The van der Waals surface area contributed by atoms with Gasteiger partial charge in [0.2, 0.25) is 0 Å². The molecule has 2 atom stereocenters. The van der Waals surface area contributed by atoms with Gasteiger partial charge in [0, 0.05) is 5.92 Å². The van der Waals surface area contributed by atoms with Crippen LogP contribution in [0.1, 0.15) is 42.7 Å². The van der Waals surface area contributed by atoms with Crippen molar-refractivity contribution < 1.29 is 9.15 Å². The van der Waals surface area contributed by atoms with E-state index in [1.54, 1.807) is 6.26 Å². The molecule has 23 heavy (non-hydrogen) atoms. The van der Waals surface area contributed by atoms with Crippen LogP contribution in [0, 0.1) is 0 Å². The van der Waals surface area contributed by atoms with Crippen LogP contribution >= 0.6 is 0 Å². The minimum Gasteiger partial charge on any atom is -0.472 e. The minimum absolute atomic E-state index is 0.292. The monoisotopic (exact) mass is 306 g/mol. The molecule has 4 rings (SSSR count). The first-order chi connectivity index (χ1) is 11.4. The topological polar surface area (TPSA) is 22.4 Å². The molecule has 1 saturated carbocycles. The van der Waals surface area contributed by atoms with Crippen molar-refractivity contribution in [3.63, 3.8) is 0 Å². The number of fused-ring (bicyclic) bond motifs is 1. The Labute approximate surface area is 137 Å². The molecular formula is C21H22O2. The van der Waals surface area contributed by atoms with E-state index in [0.717, 1.165) is 6.42 Å². The Balaban J connectivity index is 1.52. The van der Waals surface area contributed by atoms with Gasteiger partial charge in [0.1, 0.15) is 0 Å². The lowest BCUT2D eigenvalue weighted by Gasteiger charge is -2.31. The maximum Gasteiger partial charge on any atom is 0.0938 e. The number of benzene rings is 2. The third-order valence-electron chi connectivity index (χ3n) is 5.01. The van der Waals surface area contributed by atoms with Crippen LogP contribution in [-0.4, -0.2) is 6.10 Å². The summed E-state index contributed by atoms with van der Waals surface area (Å²) in [6, 6.07) is 17.1. The largest absolute Gasteiger partial charge is 0.472 e. The summed E-state index contributed by atoms with van der Waals surface area (Å²) < 4.78 is 11.7. The van der Waals surface area contributed by atoms with E-state index < -0.39 is 0 Å². The van der Waals surface area contributed by atoms with E-state index in [0.29, 0.717) is 18.6 Å². The summed E-state index contributed by atoms with van der Waals surface area (Å²) in [5.74, 6) is 0.470. The number of rotatable bonds is 4. The van der Waals surface area contributed by atoms with Gasteiger partial charge in [-0.15, -0.1) is 0 Å². The third-order valence-corrected chi connectivity index (χ3v) is 5.01. The maximum absolute atomic E-state index is 6.37. The zero-order valence-corrected chi connectivity index (χ0v) is 13.3. The van der Waals surface area contributed by atoms with Crippen molar-refractivity contribution in [3.8, 4) is 0 Å². The predicted molar refractivity (Wildman–Crippen MR) is 92.4 cm³/mol. The molecule has 2 aromatic carbocycles. The smallest absolute Gasteiger partial charge is 0.0938 e. The Kier molecular flexibility index (Phi) is 4.16. The van der Waals surface area contributed by atoms with Gasteiger partial charge in [-0.2, -0.15) is 0 Å². The van der Waals surface area contributed by atoms with Crippen LogP contribution in [-0.2, 0) is 11.3 Å². The van der Waals surface area contributed by atoms with Crippen LogP contribution in [0.2, 0.25) is 0 Å². The van der Waals surface area contributed by atoms with Crippen molar-refractivity contribution in [2.75, 3.05) is 0 Å². The van der Waals surface area contributed by atoms with Gasteiger partial charge in [-0.3, -0.25) is 0 Å². The predicted octanol–water partition coefficient (Wildman–Crippen LogP) is 5.68. The summed E-state index contributed by atoms with van der Waals surface area (Å²) in [5.41, 5.74) is 2.56. The molecule has 0 radical (unpaired) electrons. The molecule has 3 aromatic rings. The Hall–Kier alpha value is -2.06. The Bertz CT molecular complexity index is 755. The second kappa shape index (κ2) is 6.59. The molecule has 1 aromatic heterocycles. The highest BCUT2D eigenvalue weighted by molar-refractivity contribution is 5.85. The summed E-state index contributed by atoms with van der Waals surface area (Å²) in [6.07, 6.45) is 8.81. The van der Waals surface area contributed by atoms with Gasteiger partial charge in [0.15, 0.2) is 0 Å². The highest BCUT2D eigenvalue weighted by Crippen LogP contribution is 2.36. The summed E-state index contributed by atoms with van der Waals surface area (Å²) in [6.45, 7) is 0.681. The molecule has 0 unspecified atom stereocenters. The fourth-order valence-electron chi connectivity index (χ4n) is 3.78. The van der Waals surface area contributed by atoms with Crippen molar-refractivity contribution in [1.29, 1.82) is 0 Å². The molecule has 0 N–H and O–H groups in total. The number of furan rings is 1. The quantitative estimate of drug-likeness (QED) is 0.619. The van der Waals surface area contributed by atoms with E-state index in [4.69, 9.17) is 9.15 Å².